The lowest BCUT2D eigenvalue weighted by Crippen LogP contribution is -2.41. The van der Waals surface area contributed by atoms with Crippen molar-refractivity contribution in [2.45, 2.75) is 38.9 Å². The summed E-state index contributed by atoms with van der Waals surface area (Å²) < 4.78 is 17.8. The third-order valence-electron chi connectivity index (χ3n) is 4.72. The zero-order chi connectivity index (χ0) is 17.9. The highest BCUT2D eigenvalue weighted by Gasteiger charge is 2.51. The van der Waals surface area contributed by atoms with Crippen LogP contribution in [0, 0.1) is 11.8 Å². The molecule has 1 aliphatic rings. The van der Waals surface area contributed by atoms with Crippen LogP contribution in [0.15, 0.2) is 54.6 Å². The molecule has 2 aromatic carbocycles. The number of hydrogen-bond donors (Lipinski definition) is 0. The maximum Gasteiger partial charge on any atom is 0.494 e. The van der Waals surface area contributed by atoms with Gasteiger partial charge in [0, 0.05) is 5.56 Å². The first-order valence-electron chi connectivity index (χ1n) is 8.50. The molecule has 0 spiro atoms. The lowest BCUT2D eigenvalue weighted by molar-refractivity contribution is 0.00578. The second-order valence-corrected chi connectivity index (χ2v) is 7.11. The van der Waals surface area contributed by atoms with Crippen molar-refractivity contribution >= 4 is 12.6 Å². The minimum absolute atomic E-state index is 0.333. The van der Waals surface area contributed by atoms with Crippen LogP contribution < -0.4 is 10.2 Å². The smallest absolute Gasteiger partial charge is 0.481 e. The molecule has 3 nitrogen and oxygen atoms in total. The average Bonchev–Trinajstić information content (AvgIpc) is 2.81. The summed E-state index contributed by atoms with van der Waals surface area (Å²) in [6.45, 7) is 8.56. The van der Waals surface area contributed by atoms with Gasteiger partial charge in [-0.1, -0.05) is 42.2 Å². The van der Waals surface area contributed by atoms with E-state index >= 15 is 0 Å². The van der Waals surface area contributed by atoms with Gasteiger partial charge in [0.25, 0.3) is 0 Å². The first-order chi connectivity index (χ1) is 11.9. The zero-order valence-corrected chi connectivity index (χ0v) is 15.2. The van der Waals surface area contributed by atoms with Crippen LogP contribution >= 0.6 is 0 Å². The van der Waals surface area contributed by atoms with Crippen LogP contribution in [0.25, 0.3) is 0 Å². The fourth-order valence-electron chi connectivity index (χ4n) is 2.48. The quantitative estimate of drug-likeness (QED) is 0.636. The van der Waals surface area contributed by atoms with Crippen LogP contribution in [-0.4, -0.2) is 24.9 Å². The lowest BCUT2D eigenvalue weighted by atomic mass is 9.79. The average molecular weight is 334 g/mol. The minimum Gasteiger partial charge on any atom is -0.481 e. The summed E-state index contributed by atoms with van der Waals surface area (Å²) in [5.41, 5.74) is 1.31. The van der Waals surface area contributed by atoms with Crippen LogP contribution in [0.1, 0.15) is 33.3 Å². The Hall–Kier alpha value is -2.22. The highest BCUT2D eigenvalue weighted by molar-refractivity contribution is 6.62. The number of benzene rings is 2. The molecule has 0 aliphatic carbocycles. The molecule has 25 heavy (non-hydrogen) atoms. The van der Waals surface area contributed by atoms with Gasteiger partial charge >= 0.3 is 7.12 Å². The van der Waals surface area contributed by atoms with Crippen LogP contribution in [0.3, 0.4) is 0 Å². The van der Waals surface area contributed by atoms with Crippen molar-refractivity contribution in [3.05, 3.63) is 60.2 Å². The second-order valence-electron chi connectivity index (χ2n) is 7.11. The predicted molar refractivity (Wildman–Crippen MR) is 101 cm³/mol. The molecule has 0 atom stereocenters. The zero-order valence-electron chi connectivity index (χ0n) is 15.2. The first-order valence-corrected chi connectivity index (χ1v) is 8.50. The van der Waals surface area contributed by atoms with E-state index in [9.17, 15) is 0 Å². The van der Waals surface area contributed by atoms with Gasteiger partial charge in [0.15, 0.2) is 0 Å². The summed E-state index contributed by atoms with van der Waals surface area (Å²) in [5.74, 6) is 6.87. The van der Waals surface area contributed by atoms with Gasteiger partial charge in [-0.2, -0.15) is 0 Å². The normalized spacial score (nSPS) is 17.7. The summed E-state index contributed by atoms with van der Waals surface area (Å²) in [4.78, 5) is 0. The van der Waals surface area contributed by atoms with Crippen molar-refractivity contribution in [2.75, 3.05) is 6.61 Å². The lowest BCUT2D eigenvalue weighted by Gasteiger charge is -2.32. The van der Waals surface area contributed by atoms with E-state index < -0.39 is 0 Å². The van der Waals surface area contributed by atoms with Gasteiger partial charge in [-0.15, -0.1) is 0 Å². The van der Waals surface area contributed by atoms with Crippen LogP contribution in [0.4, 0.5) is 0 Å². The van der Waals surface area contributed by atoms with Gasteiger partial charge in [-0.25, -0.2) is 0 Å². The molecule has 0 radical (unpaired) electrons. The summed E-state index contributed by atoms with van der Waals surface area (Å²) in [6, 6.07) is 17.7. The third-order valence-corrected chi connectivity index (χ3v) is 4.72. The van der Waals surface area contributed by atoms with E-state index in [1.165, 1.54) is 0 Å². The van der Waals surface area contributed by atoms with Crippen molar-refractivity contribution in [1.82, 2.24) is 0 Å². The standard InChI is InChI=1S/C21H23BO3/c1-20(2)21(3,4)25-22(24-20)18-12-14-19(15-13-18)23-16-8-11-17-9-6-5-7-10-17/h5-7,9-10,12-15H,16H2,1-4H3. The van der Waals surface area contributed by atoms with Crippen LogP contribution in [-0.2, 0) is 9.31 Å². The number of ether oxygens (including phenoxy) is 1. The Labute approximate surface area is 150 Å². The van der Waals surface area contributed by atoms with Gasteiger partial charge in [0.05, 0.1) is 11.2 Å². The summed E-state index contributed by atoms with van der Waals surface area (Å²) in [6.07, 6.45) is 0. The molecular formula is C21H23BO3. The predicted octanol–water partition coefficient (Wildman–Crippen LogP) is 3.42. The molecule has 1 fully saturated rings. The Morgan fingerprint density at radius 3 is 2.08 bits per heavy atom. The maximum atomic E-state index is 6.05. The molecule has 0 saturated carbocycles. The van der Waals surface area contributed by atoms with E-state index in [-0.39, 0.29) is 18.3 Å². The Balaban J connectivity index is 1.57. The number of rotatable bonds is 3. The summed E-state index contributed by atoms with van der Waals surface area (Å²) >= 11 is 0. The van der Waals surface area contributed by atoms with E-state index in [4.69, 9.17) is 14.0 Å². The molecule has 0 aromatic heterocycles. The van der Waals surface area contributed by atoms with Crippen molar-refractivity contribution in [2.24, 2.45) is 0 Å². The van der Waals surface area contributed by atoms with Crippen molar-refractivity contribution in [3.63, 3.8) is 0 Å². The Kier molecular flexibility index (Phi) is 4.90. The highest BCUT2D eigenvalue weighted by atomic mass is 16.7. The van der Waals surface area contributed by atoms with Gasteiger partial charge in [-0.3, -0.25) is 0 Å². The molecule has 2 aromatic rings. The molecule has 0 unspecified atom stereocenters. The fraction of sp³-hybridized carbons (Fsp3) is 0.333. The first kappa shape index (κ1) is 17.6. The van der Waals surface area contributed by atoms with E-state index in [1.807, 2.05) is 54.6 Å². The summed E-state index contributed by atoms with van der Waals surface area (Å²) in [5, 5.41) is 0. The third kappa shape index (κ3) is 4.07. The molecule has 0 amide bonds. The highest BCUT2D eigenvalue weighted by Crippen LogP contribution is 2.36. The molecule has 0 bridgehead atoms. The summed E-state index contributed by atoms with van der Waals surface area (Å²) in [7, 11) is -0.350. The molecule has 4 heteroatoms. The molecule has 128 valence electrons. The van der Waals surface area contributed by atoms with Gasteiger partial charge in [0.1, 0.15) is 12.4 Å². The monoisotopic (exact) mass is 334 g/mol. The molecule has 0 N–H and O–H groups in total. The van der Waals surface area contributed by atoms with Gasteiger partial charge in [0.2, 0.25) is 0 Å². The van der Waals surface area contributed by atoms with E-state index in [2.05, 4.69) is 39.5 Å². The van der Waals surface area contributed by atoms with Crippen LogP contribution in [0.5, 0.6) is 5.75 Å². The van der Waals surface area contributed by atoms with E-state index in [0.717, 1.165) is 16.8 Å². The fourth-order valence-corrected chi connectivity index (χ4v) is 2.48. The largest absolute Gasteiger partial charge is 0.494 e. The van der Waals surface area contributed by atoms with E-state index in [0.29, 0.717) is 6.61 Å². The topological polar surface area (TPSA) is 27.7 Å². The SMILES string of the molecule is CC1(C)OB(c2ccc(OCC#Cc3ccccc3)cc2)OC1(C)C. The Morgan fingerprint density at radius 2 is 1.48 bits per heavy atom. The van der Waals surface area contributed by atoms with Crippen molar-refractivity contribution < 1.29 is 14.0 Å². The number of hydrogen-bond acceptors (Lipinski definition) is 3. The van der Waals surface area contributed by atoms with Gasteiger partial charge in [-0.05, 0) is 57.4 Å². The Bertz CT molecular complexity index is 754. The van der Waals surface area contributed by atoms with Gasteiger partial charge < -0.3 is 14.0 Å². The second kappa shape index (κ2) is 6.96. The molecule has 1 saturated heterocycles. The minimum atomic E-state index is -0.350. The molecular weight excluding hydrogens is 311 g/mol. The molecule has 1 aliphatic heterocycles. The van der Waals surface area contributed by atoms with Crippen LogP contribution in [0.2, 0.25) is 0 Å². The maximum absolute atomic E-state index is 6.05. The Morgan fingerprint density at radius 1 is 0.880 bits per heavy atom. The molecule has 3 rings (SSSR count). The van der Waals surface area contributed by atoms with E-state index in [1.54, 1.807) is 0 Å². The van der Waals surface area contributed by atoms with Crippen molar-refractivity contribution in [1.29, 1.82) is 0 Å². The van der Waals surface area contributed by atoms with Crippen molar-refractivity contribution in [3.8, 4) is 17.6 Å². The molecule has 1 heterocycles.